The fraction of sp³-hybridized carbons (Fsp3) is 0.867. The van der Waals surface area contributed by atoms with Gasteiger partial charge < -0.3 is 15.5 Å². The molecular weight excluding hydrogens is 258 g/mol. The molecule has 0 unspecified atom stereocenters. The summed E-state index contributed by atoms with van der Waals surface area (Å²) in [7, 11) is 0. The number of aliphatic hydroxyl groups is 1. The molecule has 0 aliphatic carbocycles. The van der Waals surface area contributed by atoms with Crippen LogP contribution in [0.4, 0.5) is 0 Å². The summed E-state index contributed by atoms with van der Waals surface area (Å²) in [6.07, 6.45) is 9.62. The summed E-state index contributed by atoms with van der Waals surface area (Å²) in [4.78, 5) is 21.7. The predicted octanol–water partition coefficient (Wildman–Crippen LogP) is 2.47. The Morgan fingerprint density at radius 3 is 1.95 bits per heavy atom. The Morgan fingerprint density at radius 1 is 0.950 bits per heavy atom. The zero-order chi connectivity index (χ0) is 15.2. The minimum Gasteiger partial charge on any atom is -0.479 e. The SMILES string of the molecule is CCCCCCCCCCCC(=O)NC[C@H](O)C(=O)O. The summed E-state index contributed by atoms with van der Waals surface area (Å²) in [5.74, 6) is -1.50. The van der Waals surface area contributed by atoms with Gasteiger partial charge in [-0.15, -0.1) is 0 Å². The van der Waals surface area contributed by atoms with E-state index in [9.17, 15) is 9.59 Å². The minimum absolute atomic E-state index is 0.187. The van der Waals surface area contributed by atoms with Gasteiger partial charge in [0.05, 0.1) is 6.54 Å². The molecule has 0 radical (unpaired) electrons. The van der Waals surface area contributed by atoms with Gasteiger partial charge in [0, 0.05) is 6.42 Å². The van der Waals surface area contributed by atoms with Crippen LogP contribution < -0.4 is 5.32 Å². The van der Waals surface area contributed by atoms with Crippen LogP contribution in [0.25, 0.3) is 0 Å². The summed E-state index contributed by atoms with van der Waals surface area (Å²) in [5.41, 5.74) is 0. The van der Waals surface area contributed by atoms with Crippen LogP contribution in [0.5, 0.6) is 0 Å². The third kappa shape index (κ3) is 12.0. The molecule has 118 valence electrons. The molecule has 0 bridgehead atoms. The van der Waals surface area contributed by atoms with Crippen molar-refractivity contribution in [1.29, 1.82) is 0 Å². The molecule has 20 heavy (non-hydrogen) atoms. The largest absolute Gasteiger partial charge is 0.479 e. The Bertz CT molecular complexity index is 269. The Morgan fingerprint density at radius 2 is 1.45 bits per heavy atom. The number of amides is 1. The van der Waals surface area contributed by atoms with E-state index in [1.807, 2.05) is 0 Å². The quantitative estimate of drug-likeness (QED) is 0.454. The average Bonchev–Trinajstić information content (AvgIpc) is 2.42. The van der Waals surface area contributed by atoms with E-state index in [-0.39, 0.29) is 12.5 Å². The number of carbonyl (C=O) groups is 2. The monoisotopic (exact) mass is 287 g/mol. The molecular formula is C15H29NO4. The molecule has 0 heterocycles. The van der Waals surface area contributed by atoms with Crippen LogP contribution in [0.3, 0.4) is 0 Å². The van der Waals surface area contributed by atoms with Crippen LogP contribution >= 0.6 is 0 Å². The topological polar surface area (TPSA) is 86.6 Å². The number of hydrogen-bond acceptors (Lipinski definition) is 3. The molecule has 0 rings (SSSR count). The second-order valence-electron chi connectivity index (χ2n) is 5.24. The van der Waals surface area contributed by atoms with Crippen molar-refractivity contribution in [2.24, 2.45) is 0 Å². The smallest absolute Gasteiger partial charge is 0.334 e. The van der Waals surface area contributed by atoms with Crippen LogP contribution in [-0.4, -0.2) is 34.7 Å². The summed E-state index contributed by atoms with van der Waals surface area (Å²) in [6.45, 7) is 1.99. The minimum atomic E-state index is -1.51. The highest BCUT2D eigenvalue weighted by molar-refractivity contribution is 5.77. The highest BCUT2D eigenvalue weighted by atomic mass is 16.4. The Hall–Kier alpha value is -1.10. The van der Waals surface area contributed by atoms with E-state index >= 15 is 0 Å². The van der Waals surface area contributed by atoms with E-state index in [1.54, 1.807) is 0 Å². The normalized spacial score (nSPS) is 12.1. The van der Waals surface area contributed by atoms with Gasteiger partial charge in [-0.3, -0.25) is 4.79 Å². The summed E-state index contributed by atoms with van der Waals surface area (Å²) in [6, 6.07) is 0. The van der Waals surface area contributed by atoms with Crippen molar-refractivity contribution in [1.82, 2.24) is 5.32 Å². The molecule has 0 aromatic rings. The maximum absolute atomic E-state index is 11.4. The van der Waals surface area contributed by atoms with Gasteiger partial charge in [-0.1, -0.05) is 58.3 Å². The molecule has 1 amide bonds. The number of hydrogen-bond donors (Lipinski definition) is 3. The van der Waals surface area contributed by atoms with Crippen LogP contribution in [0.15, 0.2) is 0 Å². The number of unbranched alkanes of at least 4 members (excludes halogenated alkanes) is 8. The van der Waals surface area contributed by atoms with Crippen LogP contribution in [-0.2, 0) is 9.59 Å². The van der Waals surface area contributed by atoms with Gasteiger partial charge >= 0.3 is 5.97 Å². The molecule has 5 nitrogen and oxygen atoms in total. The number of carboxylic acid groups (broad SMARTS) is 1. The van der Waals surface area contributed by atoms with E-state index in [0.29, 0.717) is 6.42 Å². The van der Waals surface area contributed by atoms with E-state index in [2.05, 4.69) is 12.2 Å². The molecule has 0 spiro atoms. The average molecular weight is 287 g/mol. The molecule has 3 N–H and O–H groups in total. The van der Waals surface area contributed by atoms with Crippen molar-refractivity contribution >= 4 is 11.9 Å². The lowest BCUT2D eigenvalue weighted by molar-refractivity contribution is -0.146. The predicted molar refractivity (Wildman–Crippen MR) is 78.5 cm³/mol. The molecule has 0 saturated heterocycles. The van der Waals surface area contributed by atoms with Gasteiger partial charge in [-0.25, -0.2) is 4.79 Å². The first-order chi connectivity index (χ1) is 9.57. The number of carbonyl (C=O) groups excluding carboxylic acids is 1. The second-order valence-corrected chi connectivity index (χ2v) is 5.24. The zero-order valence-corrected chi connectivity index (χ0v) is 12.6. The summed E-state index contributed by atoms with van der Waals surface area (Å²) in [5, 5.41) is 19.9. The van der Waals surface area contributed by atoms with E-state index < -0.39 is 12.1 Å². The molecule has 0 aliphatic rings. The lowest BCUT2D eigenvalue weighted by Crippen LogP contribution is -2.36. The lowest BCUT2D eigenvalue weighted by Gasteiger charge is -2.07. The van der Waals surface area contributed by atoms with Crippen molar-refractivity contribution in [3.05, 3.63) is 0 Å². The highest BCUT2D eigenvalue weighted by Gasteiger charge is 2.13. The number of nitrogens with one attached hydrogen (secondary N) is 1. The Balaban J connectivity index is 3.29. The molecule has 0 saturated carbocycles. The Labute approximate surface area is 121 Å². The number of rotatable bonds is 13. The summed E-state index contributed by atoms with van der Waals surface area (Å²) < 4.78 is 0. The third-order valence-electron chi connectivity index (χ3n) is 3.29. The van der Waals surface area contributed by atoms with Gasteiger partial charge in [-0.05, 0) is 6.42 Å². The molecule has 5 heteroatoms. The van der Waals surface area contributed by atoms with Crippen LogP contribution in [0.1, 0.15) is 71.1 Å². The van der Waals surface area contributed by atoms with Gasteiger partial charge in [0.15, 0.2) is 6.10 Å². The van der Waals surface area contributed by atoms with Crippen LogP contribution in [0.2, 0.25) is 0 Å². The molecule has 0 aromatic carbocycles. The Kier molecular flexibility index (Phi) is 12.2. The summed E-state index contributed by atoms with van der Waals surface area (Å²) >= 11 is 0. The molecule has 0 aliphatic heterocycles. The first-order valence-corrected chi connectivity index (χ1v) is 7.75. The van der Waals surface area contributed by atoms with E-state index in [4.69, 9.17) is 10.2 Å². The fourth-order valence-corrected chi connectivity index (χ4v) is 1.98. The first kappa shape index (κ1) is 18.9. The van der Waals surface area contributed by atoms with Crippen molar-refractivity contribution < 1.29 is 19.8 Å². The van der Waals surface area contributed by atoms with Crippen molar-refractivity contribution in [3.63, 3.8) is 0 Å². The highest BCUT2D eigenvalue weighted by Crippen LogP contribution is 2.10. The standard InChI is InChI=1S/C15H29NO4/c1-2-3-4-5-6-7-8-9-10-11-14(18)16-12-13(17)15(19)20/h13,17H,2-12H2,1H3,(H,16,18)(H,19,20)/t13-/m0/s1. The molecule has 0 aromatic heterocycles. The first-order valence-electron chi connectivity index (χ1n) is 7.75. The number of aliphatic hydroxyl groups excluding tert-OH is 1. The van der Waals surface area contributed by atoms with Crippen molar-refractivity contribution in [3.8, 4) is 0 Å². The van der Waals surface area contributed by atoms with Crippen molar-refractivity contribution in [2.45, 2.75) is 77.2 Å². The van der Waals surface area contributed by atoms with E-state index in [1.165, 1.54) is 38.5 Å². The van der Waals surface area contributed by atoms with Gasteiger partial charge in [0.2, 0.25) is 5.91 Å². The van der Waals surface area contributed by atoms with E-state index in [0.717, 1.165) is 19.3 Å². The number of carboxylic acids is 1. The van der Waals surface area contributed by atoms with Crippen LogP contribution in [0, 0.1) is 0 Å². The third-order valence-corrected chi connectivity index (χ3v) is 3.29. The molecule has 0 fully saturated rings. The fourth-order valence-electron chi connectivity index (χ4n) is 1.98. The van der Waals surface area contributed by atoms with Gasteiger partial charge in [0.1, 0.15) is 0 Å². The van der Waals surface area contributed by atoms with Crippen molar-refractivity contribution in [2.75, 3.05) is 6.54 Å². The zero-order valence-electron chi connectivity index (χ0n) is 12.6. The molecule has 1 atom stereocenters. The maximum Gasteiger partial charge on any atom is 0.334 e. The van der Waals surface area contributed by atoms with Gasteiger partial charge in [-0.2, -0.15) is 0 Å². The maximum atomic E-state index is 11.4. The van der Waals surface area contributed by atoms with Gasteiger partial charge in [0.25, 0.3) is 0 Å². The second kappa shape index (κ2) is 12.9. The lowest BCUT2D eigenvalue weighted by atomic mass is 10.1. The number of aliphatic carboxylic acids is 1.